The molecule has 2 N–H and O–H groups in total. The molecule has 0 spiro atoms. The zero-order valence-corrected chi connectivity index (χ0v) is 14.2. The van der Waals surface area contributed by atoms with E-state index in [9.17, 15) is 9.90 Å². The molecule has 1 saturated carbocycles. The van der Waals surface area contributed by atoms with Crippen molar-refractivity contribution < 1.29 is 14.6 Å². The van der Waals surface area contributed by atoms with E-state index in [4.69, 9.17) is 4.74 Å². The van der Waals surface area contributed by atoms with E-state index in [1.807, 2.05) is 18.2 Å². The molecule has 2 aliphatic rings. The molecule has 1 aromatic carbocycles. The van der Waals surface area contributed by atoms with Gasteiger partial charge in [-0.05, 0) is 42.9 Å². The second kappa shape index (κ2) is 8.60. The number of aliphatic hydroxyl groups excluding tert-OH is 1. The van der Waals surface area contributed by atoms with Gasteiger partial charge in [-0.25, -0.2) is 0 Å². The molecule has 0 aromatic heterocycles. The molecule has 0 bridgehead atoms. The van der Waals surface area contributed by atoms with Crippen LogP contribution in [0.25, 0.3) is 0 Å². The molecular weight excluding hydrogens is 304 g/mol. The van der Waals surface area contributed by atoms with Gasteiger partial charge < -0.3 is 15.2 Å². The maximum absolute atomic E-state index is 12.4. The first-order valence-corrected chi connectivity index (χ1v) is 9.06. The molecule has 2 unspecified atom stereocenters. The van der Waals surface area contributed by atoms with Crippen LogP contribution in [0.5, 0.6) is 0 Å². The van der Waals surface area contributed by atoms with Gasteiger partial charge in [0.2, 0.25) is 0 Å². The summed E-state index contributed by atoms with van der Waals surface area (Å²) in [4.78, 5) is 14.8. The Kier molecular flexibility index (Phi) is 6.24. The lowest BCUT2D eigenvalue weighted by atomic mass is 9.87. The number of ether oxygens (including phenoxy) is 1. The summed E-state index contributed by atoms with van der Waals surface area (Å²) in [5.74, 6) is 0.383. The number of hydrogen-bond acceptors (Lipinski definition) is 4. The fraction of sp³-hybridized carbons (Fsp3) is 0.632. The monoisotopic (exact) mass is 332 g/mol. The molecule has 24 heavy (non-hydrogen) atoms. The summed E-state index contributed by atoms with van der Waals surface area (Å²) < 4.78 is 5.37. The lowest BCUT2D eigenvalue weighted by Gasteiger charge is -2.27. The highest BCUT2D eigenvalue weighted by atomic mass is 16.5. The minimum absolute atomic E-state index is 0.0149. The Bertz CT molecular complexity index is 543. The Morgan fingerprint density at radius 2 is 2.12 bits per heavy atom. The van der Waals surface area contributed by atoms with Crippen LogP contribution in [0.3, 0.4) is 0 Å². The van der Waals surface area contributed by atoms with Gasteiger partial charge in [-0.15, -0.1) is 0 Å². The third-order valence-electron chi connectivity index (χ3n) is 5.01. The van der Waals surface area contributed by atoms with Crippen molar-refractivity contribution in [2.75, 3.05) is 32.8 Å². The first kappa shape index (κ1) is 17.4. The average Bonchev–Trinajstić information content (AvgIpc) is 2.61. The highest BCUT2D eigenvalue weighted by molar-refractivity contribution is 5.94. The summed E-state index contributed by atoms with van der Waals surface area (Å²) in [5, 5.41) is 12.8. The molecule has 1 heterocycles. The van der Waals surface area contributed by atoms with Crippen LogP contribution >= 0.6 is 0 Å². The van der Waals surface area contributed by atoms with E-state index in [2.05, 4.69) is 16.3 Å². The third-order valence-corrected chi connectivity index (χ3v) is 5.01. The summed E-state index contributed by atoms with van der Waals surface area (Å²) in [6.07, 6.45) is 3.65. The first-order valence-electron chi connectivity index (χ1n) is 9.06. The van der Waals surface area contributed by atoms with E-state index in [-0.39, 0.29) is 12.0 Å². The van der Waals surface area contributed by atoms with Crippen LogP contribution < -0.4 is 5.32 Å². The molecule has 0 radical (unpaired) electrons. The van der Waals surface area contributed by atoms with Crippen LogP contribution in [0, 0.1) is 5.92 Å². The van der Waals surface area contributed by atoms with Gasteiger partial charge in [0.15, 0.2) is 0 Å². The lowest BCUT2D eigenvalue weighted by Crippen LogP contribution is -2.35. The molecular formula is C19H28N2O3. The zero-order chi connectivity index (χ0) is 16.8. The van der Waals surface area contributed by atoms with Crippen LogP contribution in [-0.4, -0.2) is 54.9 Å². The Labute approximate surface area is 144 Å². The molecule has 1 aliphatic heterocycles. The van der Waals surface area contributed by atoms with Crippen molar-refractivity contribution in [2.24, 2.45) is 5.92 Å². The highest BCUT2D eigenvalue weighted by Crippen LogP contribution is 2.23. The number of nitrogens with zero attached hydrogens (tertiary/aromatic N) is 1. The summed E-state index contributed by atoms with van der Waals surface area (Å²) >= 11 is 0. The maximum atomic E-state index is 12.4. The number of rotatable bonds is 5. The van der Waals surface area contributed by atoms with Crippen molar-refractivity contribution in [1.82, 2.24) is 10.2 Å². The van der Waals surface area contributed by atoms with E-state index in [1.165, 1.54) is 0 Å². The van der Waals surface area contributed by atoms with Gasteiger partial charge in [-0.3, -0.25) is 9.69 Å². The van der Waals surface area contributed by atoms with Crippen LogP contribution in [0.15, 0.2) is 24.3 Å². The van der Waals surface area contributed by atoms with E-state index >= 15 is 0 Å². The van der Waals surface area contributed by atoms with Gasteiger partial charge in [0.25, 0.3) is 5.91 Å². The number of carbonyl (C=O) groups excluding carboxylic acids is 1. The fourth-order valence-electron chi connectivity index (χ4n) is 3.62. The zero-order valence-electron chi connectivity index (χ0n) is 14.2. The molecule has 2 fully saturated rings. The largest absolute Gasteiger partial charge is 0.393 e. The number of carbonyl (C=O) groups is 1. The second-order valence-corrected chi connectivity index (χ2v) is 6.99. The predicted molar refractivity (Wildman–Crippen MR) is 92.8 cm³/mol. The number of nitrogens with one attached hydrogen (secondary N) is 1. The molecule has 132 valence electrons. The third kappa shape index (κ3) is 5.03. The number of amides is 1. The Morgan fingerprint density at radius 1 is 1.29 bits per heavy atom. The maximum Gasteiger partial charge on any atom is 0.251 e. The van der Waals surface area contributed by atoms with Crippen molar-refractivity contribution in [3.8, 4) is 0 Å². The molecule has 5 heteroatoms. The molecule has 2 atom stereocenters. The second-order valence-electron chi connectivity index (χ2n) is 6.99. The van der Waals surface area contributed by atoms with Crippen LogP contribution in [0.4, 0.5) is 0 Å². The fourth-order valence-corrected chi connectivity index (χ4v) is 3.62. The molecule has 1 saturated heterocycles. The number of morpholine rings is 1. The van der Waals surface area contributed by atoms with E-state index in [1.54, 1.807) is 0 Å². The topological polar surface area (TPSA) is 61.8 Å². The van der Waals surface area contributed by atoms with Crippen molar-refractivity contribution in [3.63, 3.8) is 0 Å². The molecule has 3 rings (SSSR count). The summed E-state index contributed by atoms with van der Waals surface area (Å²) in [7, 11) is 0. The Balaban J connectivity index is 1.51. The molecule has 1 amide bonds. The predicted octanol–water partition coefficient (Wildman–Crippen LogP) is 1.80. The van der Waals surface area contributed by atoms with Crippen LogP contribution in [0.2, 0.25) is 0 Å². The van der Waals surface area contributed by atoms with E-state index < -0.39 is 0 Å². The van der Waals surface area contributed by atoms with Gasteiger partial charge >= 0.3 is 0 Å². The SMILES string of the molecule is O=C(NCC1CCCC(O)C1)c1cccc(CN2CCOCC2)c1. The quantitative estimate of drug-likeness (QED) is 0.863. The van der Waals surface area contributed by atoms with Crippen molar-refractivity contribution in [3.05, 3.63) is 35.4 Å². The lowest BCUT2D eigenvalue weighted by molar-refractivity contribution is 0.0342. The smallest absolute Gasteiger partial charge is 0.251 e. The average molecular weight is 332 g/mol. The summed E-state index contributed by atoms with van der Waals surface area (Å²) in [5.41, 5.74) is 1.88. The minimum Gasteiger partial charge on any atom is -0.393 e. The van der Waals surface area contributed by atoms with Gasteiger partial charge in [0.1, 0.15) is 0 Å². The Morgan fingerprint density at radius 3 is 2.92 bits per heavy atom. The number of hydrogen-bond donors (Lipinski definition) is 2. The molecule has 5 nitrogen and oxygen atoms in total. The van der Waals surface area contributed by atoms with Crippen LogP contribution in [0.1, 0.15) is 41.6 Å². The van der Waals surface area contributed by atoms with Gasteiger partial charge in [0, 0.05) is 31.7 Å². The highest BCUT2D eigenvalue weighted by Gasteiger charge is 2.20. The van der Waals surface area contributed by atoms with E-state index in [0.29, 0.717) is 12.5 Å². The van der Waals surface area contributed by atoms with Gasteiger partial charge in [-0.1, -0.05) is 18.6 Å². The van der Waals surface area contributed by atoms with Crippen LogP contribution in [-0.2, 0) is 11.3 Å². The standard InChI is InChI=1S/C19H28N2O3/c22-18-6-2-3-15(12-18)13-20-19(23)17-5-1-4-16(11-17)14-21-7-9-24-10-8-21/h1,4-5,11,15,18,22H,2-3,6-10,12-14H2,(H,20,23). The van der Waals surface area contributed by atoms with Crippen molar-refractivity contribution in [1.29, 1.82) is 0 Å². The summed E-state index contributed by atoms with van der Waals surface area (Å²) in [6.45, 7) is 4.98. The summed E-state index contributed by atoms with van der Waals surface area (Å²) in [6, 6.07) is 7.88. The first-order chi connectivity index (χ1) is 11.7. The Hall–Kier alpha value is -1.43. The normalized spacial score (nSPS) is 25.4. The van der Waals surface area contributed by atoms with Crippen molar-refractivity contribution >= 4 is 5.91 Å². The number of aliphatic hydroxyl groups is 1. The number of benzene rings is 1. The molecule has 1 aromatic rings. The minimum atomic E-state index is -0.197. The van der Waals surface area contributed by atoms with Gasteiger partial charge in [-0.2, -0.15) is 0 Å². The van der Waals surface area contributed by atoms with E-state index in [0.717, 1.165) is 69.7 Å². The molecule has 1 aliphatic carbocycles. The van der Waals surface area contributed by atoms with Crippen molar-refractivity contribution in [2.45, 2.75) is 38.3 Å². The van der Waals surface area contributed by atoms with Gasteiger partial charge in [0.05, 0.1) is 19.3 Å².